The molecule has 48 heavy (non-hydrogen) atoms. The second-order valence-corrected chi connectivity index (χ2v) is 14.0. The highest BCUT2D eigenvalue weighted by molar-refractivity contribution is 7.92. The van der Waals surface area contributed by atoms with Crippen LogP contribution in [-0.4, -0.2) is 50.4 Å². The van der Waals surface area contributed by atoms with Gasteiger partial charge in [-0.05, 0) is 86.3 Å². The van der Waals surface area contributed by atoms with Gasteiger partial charge in [0.2, 0.25) is 11.8 Å². The summed E-state index contributed by atoms with van der Waals surface area (Å²) in [5, 5.41) is 3.16. The van der Waals surface area contributed by atoms with Crippen molar-refractivity contribution in [3.05, 3.63) is 126 Å². The molecule has 5 rings (SSSR count). The first-order valence-corrected chi connectivity index (χ1v) is 17.8. The van der Waals surface area contributed by atoms with Crippen molar-refractivity contribution in [1.29, 1.82) is 0 Å². The lowest BCUT2D eigenvalue weighted by molar-refractivity contribution is -0.140. The zero-order valence-corrected chi connectivity index (χ0v) is 28.2. The monoisotopic (exact) mass is 671 g/mol. The first kappa shape index (κ1) is 34.6. The van der Waals surface area contributed by atoms with Crippen LogP contribution in [0.4, 0.5) is 10.1 Å². The van der Waals surface area contributed by atoms with Crippen LogP contribution in [0.5, 0.6) is 5.75 Å². The highest BCUT2D eigenvalue weighted by atomic mass is 32.2. The average Bonchev–Trinajstić information content (AvgIpc) is 3.60. The largest absolute Gasteiger partial charge is 0.494 e. The third-order valence-corrected chi connectivity index (χ3v) is 10.4. The number of carbonyl (C=O) groups excluding carboxylic acids is 2. The zero-order chi connectivity index (χ0) is 34.1. The first-order valence-electron chi connectivity index (χ1n) is 16.3. The molecule has 252 valence electrons. The fraction of sp³-hybridized carbons (Fsp3) is 0.316. The number of carbonyl (C=O) groups is 2. The summed E-state index contributed by atoms with van der Waals surface area (Å²) in [6.07, 6.45) is 3.96. The van der Waals surface area contributed by atoms with Crippen LogP contribution in [-0.2, 0) is 32.6 Å². The van der Waals surface area contributed by atoms with E-state index >= 15 is 0 Å². The van der Waals surface area contributed by atoms with Crippen molar-refractivity contribution in [3.63, 3.8) is 0 Å². The van der Waals surface area contributed by atoms with E-state index in [1.54, 1.807) is 48.5 Å². The van der Waals surface area contributed by atoms with E-state index in [1.807, 2.05) is 44.2 Å². The number of benzene rings is 4. The van der Waals surface area contributed by atoms with Gasteiger partial charge in [0.15, 0.2) is 0 Å². The number of ether oxygens (including phenoxy) is 1. The van der Waals surface area contributed by atoms with E-state index in [9.17, 15) is 22.4 Å². The minimum atomic E-state index is -4.25. The van der Waals surface area contributed by atoms with E-state index in [-0.39, 0.29) is 29.8 Å². The highest BCUT2D eigenvalue weighted by Crippen LogP contribution is 2.27. The fourth-order valence-electron chi connectivity index (χ4n) is 5.95. The van der Waals surface area contributed by atoms with Crippen LogP contribution < -0.4 is 14.4 Å². The molecule has 1 aliphatic rings. The lowest BCUT2D eigenvalue weighted by atomic mass is 10.0. The van der Waals surface area contributed by atoms with Gasteiger partial charge in [-0.2, -0.15) is 0 Å². The molecule has 0 saturated heterocycles. The van der Waals surface area contributed by atoms with Crippen LogP contribution in [0.25, 0.3) is 0 Å². The number of nitrogens with one attached hydrogen (secondary N) is 1. The maximum Gasteiger partial charge on any atom is 0.264 e. The highest BCUT2D eigenvalue weighted by Gasteiger charge is 2.35. The van der Waals surface area contributed by atoms with E-state index in [0.717, 1.165) is 41.1 Å². The molecule has 1 atom stereocenters. The van der Waals surface area contributed by atoms with Gasteiger partial charge in [0.1, 0.15) is 24.2 Å². The molecule has 1 saturated carbocycles. The van der Waals surface area contributed by atoms with Crippen molar-refractivity contribution >= 4 is 27.5 Å². The van der Waals surface area contributed by atoms with Crippen LogP contribution in [0.1, 0.15) is 49.3 Å². The van der Waals surface area contributed by atoms with Crippen molar-refractivity contribution < 1.29 is 27.1 Å². The van der Waals surface area contributed by atoms with Crippen LogP contribution in [0.2, 0.25) is 0 Å². The van der Waals surface area contributed by atoms with Gasteiger partial charge >= 0.3 is 0 Å². The molecule has 0 spiro atoms. The Morgan fingerprint density at radius 2 is 1.52 bits per heavy atom. The van der Waals surface area contributed by atoms with Gasteiger partial charge in [0.25, 0.3) is 10.0 Å². The quantitative estimate of drug-likeness (QED) is 0.167. The van der Waals surface area contributed by atoms with Crippen LogP contribution >= 0.6 is 0 Å². The van der Waals surface area contributed by atoms with Gasteiger partial charge in [-0.1, -0.05) is 73.0 Å². The molecular formula is C38H42FN3O5S. The molecule has 2 amide bonds. The number of aryl methyl sites for hydroxylation is 1. The van der Waals surface area contributed by atoms with Crippen LogP contribution in [0, 0.1) is 12.7 Å². The number of hydrogen-bond donors (Lipinski definition) is 1. The first-order chi connectivity index (χ1) is 23.1. The minimum absolute atomic E-state index is 0.00245. The van der Waals surface area contributed by atoms with Crippen LogP contribution in [0.3, 0.4) is 0 Å². The topological polar surface area (TPSA) is 96.0 Å². The fourth-order valence-corrected chi connectivity index (χ4v) is 7.36. The molecule has 0 unspecified atom stereocenters. The second-order valence-electron chi connectivity index (χ2n) is 12.1. The molecule has 1 N–H and O–H groups in total. The summed E-state index contributed by atoms with van der Waals surface area (Å²) >= 11 is 0. The lowest BCUT2D eigenvalue weighted by Crippen LogP contribution is -2.54. The molecule has 0 heterocycles. The van der Waals surface area contributed by atoms with E-state index in [0.29, 0.717) is 23.6 Å². The van der Waals surface area contributed by atoms with E-state index in [1.165, 1.54) is 29.2 Å². The smallest absolute Gasteiger partial charge is 0.264 e. The van der Waals surface area contributed by atoms with Gasteiger partial charge in [-0.25, -0.2) is 12.8 Å². The van der Waals surface area contributed by atoms with Crippen LogP contribution in [0.15, 0.2) is 108 Å². The summed E-state index contributed by atoms with van der Waals surface area (Å²) < 4.78 is 49.0. The Kier molecular flexibility index (Phi) is 11.5. The van der Waals surface area contributed by atoms with Gasteiger partial charge in [0, 0.05) is 19.0 Å². The van der Waals surface area contributed by atoms with Crippen molar-refractivity contribution in [1.82, 2.24) is 10.2 Å². The SMILES string of the molecule is CCOc1ccc(S(=O)(=O)N(CC(=O)N(Cc2ccc(F)cc2)[C@H](Cc2ccccc2)C(=O)NC2CCCC2)c2ccc(C)cc2)cc1. The van der Waals surface area contributed by atoms with E-state index < -0.39 is 34.3 Å². The number of hydrogen-bond acceptors (Lipinski definition) is 5. The normalized spacial score (nSPS) is 13.9. The Labute approximate surface area is 282 Å². The molecule has 0 aliphatic heterocycles. The molecule has 8 nitrogen and oxygen atoms in total. The Hall–Kier alpha value is -4.70. The summed E-state index contributed by atoms with van der Waals surface area (Å²) in [5.41, 5.74) is 2.68. The Balaban J connectivity index is 1.55. The minimum Gasteiger partial charge on any atom is -0.494 e. The van der Waals surface area contributed by atoms with Crippen molar-refractivity contribution in [2.75, 3.05) is 17.5 Å². The number of nitrogens with zero attached hydrogens (tertiary/aromatic N) is 2. The zero-order valence-electron chi connectivity index (χ0n) is 27.3. The van der Waals surface area contributed by atoms with Gasteiger partial charge in [0.05, 0.1) is 17.2 Å². The maximum atomic E-state index is 14.6. The number of sulfonamides is 1. The standard InChI is InChI=1S/C38H42FN3O5S/c1-3-47-34-21-23-35(24-22-34)48(45,46)42(33-19-13-28(2)14-20-33)27-37(43)41(26-30-15-17-31(39)18-16-30)36(25-29-9-5-4-6-10-29)38(44)40-32-11-7-8-12-32/h4-6,9-10,13-24,32,36H,3,7-8,11-12,25-27H2,1-2H3,(H,40,44)/t36-/m1/s1. The van der Waals surface area contributed by atoms with Gasteiger partial charge in [-0.15, -0.1) is 0 Å². The summed E-state index contributed by atoms with van der Waals surface area (Å²) in [6, 6.07) is 27.1. The molecule has 0 bridgehead atoms. The molecule has 4 aromatic carbocycles. The average molecular weight is 672 g/mol. The molecule has 1 fully saturated rings. The van der Waals surface area contributed by atoms with Gasteiger partial charge in [-0.3, -0.25) is 13.9 Å². The summed E-state index contributed by atoms with van der Waals surface area (Å²) in [5.74, 6) is -0.783. The molecule has 0 radical (unpaired) electrons. The van der Waals surface area contributed by atoms with Crippen molar-refractivity contribution in [2.45, 2.75) is 69.5 Å². The molecular weight excluding hydrogens is 629 g/mol. The molecule has 4 aromatic rings. The van der Waals surface area contributed by atoms with Gasteiger partial charge < -0.3 is 15.0 Å². The summed E-state index contributed by atoms with van der Waals surface area (Å²) in [4.78, 5) is 30.1. The Morgan fingerprint density at radius 3 is 2.15 bits per heavy atom. The third-order valence-electron chi connectivity index (χ3n) is 8.56. The molecule has 10 heteroatoms. The predicted molar refractivity (Wildman–Crippen MR) is 185 cm³/mol. The maximum absolute atomic E-state index is 14.6. The Bertz CT molecular complexity index is 1760. The summed E-state index contributed by atoms with van der Waals surface area (Å²) in [7, 11) is -4.25. The molecule has 0 aromatic heterocycles. The number of halogens is 1. The third kappa shape index (κ3) is 8.80. The number of rotatable bonds is 14. The van der Waals surface area contributed by atoms with E-state index in [2.05, 4.69) is 5.32 Å². The van der Waals surface area contributed by atoms with Crippen molar-refractivity contribution in [2.24, 2.45) is 0 Å². The Morgan fingerprint density at radius 1 is 0.875 bits per heavy atom. The predicted octanol–water partition coefficient (Wildman–Crippen LogP) is 6.43. The second kappa shape index (κ2) is 15.9. The van der Waals surface area contributed by atoms with Crippen molar-refractivity contribution in [3.8, 4) is 5.75 Å². The lowest BCUT2D eigenvalue weighted by Gasteiger charge is -2.34. The number of amides is 2. The summed E-state index contributed by atoms with van der Waals surface area (Å²) in [6.45, 7) is 3.56. The molecule has 1 aliphatic carbocycles. The number of anilines is 1. The van der Waals surface area contributed by atoms with E-state index in [4.69, 9.17) is 4.74 Å².